The van der Waals surface area contributed by atoms with Crippen LogP contribution in [0.15, 0.2) is 106 Å². The molecule has 0 spiro atoms. The van der Waals surface area contributed by atoms with Crippen molar-refractivity contribution in [3.63, 3.8) is 0 Å². The molecule has 1 aliphatic carbocycles. The summed E-state index contributed by atoms with van der Waals surface area (Å²) in [5, 5.41) is 117. The number of esters is 2. The minimum absolute atomic E-state index is 0.0112. The zero-order valence-corrected chi connectivity index (χ0v) is 39.3. The van der Waals surface area contributed by atoms with Gasteiger partial charge in [-0.05, 0) is 77.9 Å². The third-order valence-corrected chi connectivity index (χ3v) is 12.2. The Morgan fingerprint density at radius 3 is 1.99 bits per heavy atom. The van der Waals surface area contributed by atoms with Crippen LogP contribution in [0.2, 0.25) is 0 Å². The van der Waals surface area contributed by atoms with E-state index in [1.807, 2.05) is 0 Å². The number of methoxy groups -OCH3 is 1. The van der Waals surface area contributed by atoms with E-state index in [0.717, 1.165) is 24.3 Å². The van der Waals surface area contributed by atoms with E-state index < -0.39 is 123 Å². The van der Waals surface area contributed by atoms with Gasteiger partial charge in [-0.1, -0.05) is 18.2 Å². The number of aliphatic hydroxyl groups excluding tert-OH is 8. The number of fused-ring (bicyclic) bond motifs is 1. The molecule has 3 saturated heterocycles. The molecule has 0 unspecified atom stereocenters. The summed E-state index contributed by atoms with van der Waals surface area (Å²) in [7, 11) is 1.32. The summed E-state index contributed by atoms with van der Waals surface area (Å²) in [6.45, 7) is -2.14. The first-order chi connectivity index (χ1) is 35.9. The SMILES string of the molecule is COc1cc(C=CC(=O)O[C@H]2[C@H](O[C@H]3[C@H](Oc4cc5c(O[C@@H]6O[C@H](CO)[C@@H](O)[C@H](O)[C@H]6O)cc(=O)cc-5oc4-c4ccc(O)cc4)O[C@H](COC(=O)C=Cc4ccc(O)cc4)[C@@H](O)[C@@H]3O)OC[C@@H](O)[C@@H]2O)ccc1O. The van der Waals surface area contributed by atoms with Crippen molar-refractivity contribution in [3.05, 3.63) is 118 Å². The van der Waals surface area contributed by atoms with E-state index in [2.05, 4.69) is 0 Å². The molecule has 5 aliphatic rings. The highest BCUT2D eigenvalue weighted by atomic mass is 16.8. The maximum absolute atomic E-state index is 13.3. The van der Waals surface area contributed by atoms with Crippen LogP contribution in [0.25, 0.3) is 34.8 Å². The second kappa shape index (κ2) is 23.6. The Hall–Kier alpha value is -7.17. The van der Waals surface area contributed by atoms with Gasteiger partial charge in [0.05, 0.1) is 25.9 Å². The Bertz CT molecular complexity index is 2850. The van der Waals surface area contributed by atoms with Gasteiger partial charge in [-0.15, -0.1) is 0 Å². The highest BCUT2D eigenvalue weighted by molar-refractivity contribution is 5.88. The lowest BCUT2D eigenvalue weighted by atomic mass is 9.98. The number of ether oxygens (including phenoxy) is 9. The molecule has 400 valence electrons. The summed E-state index contributed by atoms with van der Waals surface area (Å²) in [6.07, 6.45) is -20.8. The molecule has 8 rings (SSSR count). The van der Waals surface area contributed by atoms with Gasteiger partial charge in [-0.25, -0.2) is 9.59 Å². The minimum Gasteiger partial charge on any atom is -0.508 e. The molecule has 4 aliphatic heterocycles. The van der Waals surface area contributed by atoms with E-state index in [1.165, 1.54) is 92.1 Å². The molecule has 4 heterocycles. The van der Waals surface area contributed by atoms with Crippen LogP contribution in [-0.4, -0.2) is 181 Å². The Labute approximate surface area is 424 Å². The van der Waals surface area contributed by atoms with Crippen molar-refractivity contribution in [1.82, 2.24) is 0 Å². The molecule has 3 aromatic carbocycles. The second-order valence-electron chi connectivity index (χ2n) is 17.4. The summed E-state index contributed by atoms with van der Waals surface area (Å²) >= 11 is 0. The number of carbonyl (C=O) groups excluding carboxylic acids is 2. The summed E-state index contributed by atoms with van der Waals surface area (Å²) in [6, 6.07) is 18.7. The van der Waals surface area contributed by atoms with Crippen molar-refractivity contribution in [1.29, 1.82) is 0 Å². The van der Waals surface area contributed by atoms with E-state index in [0.29, 0.717) is 11.1 Å². The number of hydrogen-bond donors (Lipinski definition) is 11. The van der Waals surface area contributed by atoms with Crippen LogP contribution in [0, 0.1) is 0 Å². The van der Waals surface area contributed by atoms with Gasteiger partial charge < -0.3 is 103 Å². The van der Waals surface area contributed by atoms with Crippen LogP contribution < -0.4 is 19.6 Å². The number of phenols is 3. The maximum Gasteiger partial charge on any atom is 0.331 e. The maximum atomic E-state index is 13.3. The fourth-order valence-electron chi connectivity index (χ4n) is 8.12. The zero-order valence-electron chi connectivity index (χ0n) is 39.3. The van der Waals surface area contributed by atoms with Crippen molar-refractivity contribution >= 4 is 24.1 Å². The average Bonchev–Trinajstić information content (AvgIpc) is 3.40. The summed E-state index contributed by atoms with van der Waals surface area (Å²) < 4.78 is 58.2. The lowest BCUT2D eigenvalue weighted by Crippen LogP contribution is -2.64. The van der Waals surface area contributed by atoms with Crippen LogP contribution in [0.3, 0.4) is 0 Å². The van der Waals surface area contributed by atoms with Crippen LogP contribution in [-0.2, 0) is 38.0 Å². The molecule has 0 bridgehead atoms. The first kappa shape index (κ1) is 54.1. The summed E-state index contributed by atoms with van der Waals surface area (Å²) in [5.41, 5.74) is 0.312. The van der Waals surface area contributed by atoms with Crippen molar-refractivity contribution in [2.75, 3.05) is 26.9 Å². The van der Waals surface area contributed by atoms with Crippen molar-refractivity contribution in [3.8, 4) is 57.1 Å². The number of hydrogen-bond acceptors (Lipinski definition) is 24. The van der Waals surface area contributed by atoms with Crippen LogP contribution in [0.1, 0.15) is 11.1 Å². The number of benzene rings is 4. The topological polar surface area (TPSA) is 370 Å². The van der Waals surface area contributed by atoms with Crippen molar-refractivity contribution in [2.45, 2.75) is 86.0 Å². The molecule has 0 radical (unpaired) electrons. The smallest absolute Gasteiger partial charge is 0.331 e. The van der Waals surface area contributed by atoms with Gasteiger partial charge >= 0.3 is 11.9 Å². The lowest BCUT2D eigenvalue weighted by molar-refractivity contribution is -0.345. The van der Waals surface area contributed by atoms with E-state index in [1.54, 1.807) is 0 Å². The van der Waals surface area contributed by atoms with Gasteiger partial charge in [0.25, 0.3) is 0 Å². The standard InChI is InChI=1S/C51H52O24/c1-66-34-16-24(4-13-30(34)56)6-15-39(59)74-47-40(60)31(57)21-68-50(47)75-48-44(64)42(62)37(22-67-38(58)14-5-23-2-9-26(53)10-3-23)73-51(48)71-35-19-29-32(69-46(35)25-7-11-27(54)12-8-25)17-28(55)18-33(29)70-49-45(65)43(63)41(61)36(20-52)72-49/h2-19,31,36-37,40-45,47-54,56-57,60-65H,20-22H2,1H3/t31-,36-,37-,40+,41-,42-,43+,44+,45-,47-,48-,49-,50+,51-/m1/s1. The van der Waals surface area contributed by atoms with Crippen molar-refractivity contribution < 1.29 is 113 Å². The van der Waals surface area contributed by atoms with Crippen LogP contribution >= 0.6 is 0 Å². The van der Waals surface area contributed by atoms with Crippen LogP contribution in [0.4, 0.5) is 0 Å². The first-order valence-electron chi connectivity index (χ1n) is 23.0. The Balaban J connectivity index is 1.15. The predicted molar refractivity (Wildman–Crippen MR) is 253 cm³/mol. The number of phenolic OH excluding ortho intramolecular Hbond substituents is 3. The van der Waals surface area contributed by atoms with E-state index in [9.17, 15) is 70.6 Å². The largest absolute Gasteiger partial charge is 0.508 e. The number of aliphatic hydroxyl groups is 8. The Morgan fingerprint density at radius 2 is 1.28 bits per heavy atom. The second-order valence-corrected chi connectivity index (χ2v) is 17.4. The molecule has 14 atom stereocenters. The van der Waals surface area contributed by atoms with Crippen LogP contribution in [0.5, 0.6) is 34.5 Å². The van der Waals surface area contributed by atoms with Gasteiger partial charge in [0.1, 0.15) is 84.6 Å². The van der Waals surface area contributed by atoms with Gasteiger partial charge in [0.15, 0.2) is 46.9 Å². The highest BCUT2D eigenvalue weighted by Gasteiger charge is 2.52. The average molecular weight is 1050 g/mol. The molecule has 0 aromatic heterocycles. The van der Waals surface area contributed by atoms with E-state index >= 15 is 0 Å². The minimum atomic E-state index is -2.07. The van der Waals surface area contributed by atoms with Gasteiger partial charge in [0.2, 0.25) is 12.6 Å². The van der Waals surface area contributed by atoms with Gasteiger partial charge in [-0.3, -0.25) is 4.79 Å². The molecule has 24 heteroatoms. The molecule has 3 aromatic rings. The Kier molecular flexibility index (Phi) is 17.0. The number of rotatable bonds is 16. The highest BCUT2D eigenvalue weighted by Crippen LogP contribution is 2.43. The fourth-order valence-corrected chi connectivity index (χ4v) is 8.12. The molecule has 11 N–H and O–H groups in total. The number of aromatic hydroxyl groups is 3. The van der Waals surface area contributed by atoms with Gasteiger partial charge in [-0.2, -0.15) is 0 Å². The molecule has 0 amide bonds. The molecule has 3 fully saturated rings. The van der Waals surface area contributed by atoms with Gasteiger partial charge in [0, 0.05) is 29.8 Å². The van der Waals surface area contributed by atoms with Crippen molar-refractivity contribution in [2.24, 2.45) is 0 Å². The molecule has 24 nitrogen and oxygen atoms in total. The Morgan fingerprint density at radius 1 is 0.640 bits per heavy atom. The molecular weight excluding hydrogens is 997 g/mol. The third kappa shape index (κ3) is 12.5. The first-order valence-corrected chi connectivity index (χ1v) is 23.0. The number of carbonyl (C=O) groups is 2. The lowest BCUT2D eigenvalue weighted by Gasteiger charge is -2.45. The molecule has 75 heavy (non-hydrogen) atoms. The zero-order chi connectivity index (χ0) is 53.7. The fraction of sp³-hybridized carbons (Fsp3) is 0.353. The predicted octanol–water partition coefficient (Wildman–Crippen LogP) is -0.114. The quantitative estimate of drug-likeness (QED) is 0.0453. The molecule has 0 saturated carbocycles. The summed E-state index contributed by atoms with van der Waals surface area (Å²) in [4.78, 5) is 39.4. The van der Waals surface area contributed by atoms with E-state index in [-0.39, 0.29) is 57.1 Å². The monoisotopic (exact) mass is 1050 g/mol. The molecular formula is C51H52O24. The normalized spacial score (nSPS) is 29.0. The van der Waals surface area contributed by atoms with E-state index in [4.69, 9.17) is 47.0 Å². The summed E-state index contributed by atoms with van der Waals surface area (Å²) in [5.74, 6) is -3.30. The third-order valence-electron chi connectivity index (χ3n) is 12.2.